The summed E-state index contributed by atoms with van der Waals surface area (Å²) in [6.07, 6.45) is 0. The van der Waals surface area contributed by atoms with Gasteiger partial charge in [-0.15, -0.1) is 0 Å². The molecule has 184 valence electrons. The maximum Gasteiger partial charge on any atom is 0.262 e. The Kier molecular flexibility index (Phi) is 7.15. The second-order valence-corrected chi connectivity index (χ2v) is 9.41. The van der Waals surface area contributed by atoms with Gasteiger partial charge in [0.2, 0.25) is 5.91 Å². The molecule has 3 aromatic carbocycles. The highest BCUT2D eigenvalue weighted by atomic mass is 35.5. The standard InChI is InChI=1S/C27H23Cl2N3O4/c1-14-7-6-8-15(2)22(14)30-25(34)23(20-12-11-17(28)13-21(20)29)31-24(33)16(3)32-26(35)18-9-4-5-10-19(18)27(32)36/h4-13,16,23H,1-3H3,(H,30,34)(H,31,33)/t16-,23+/m1/s1. The van der Waals surface area contributed by atoms with E-state index >= 15 is 0 Å². The summed E-state index contributed by atoms with van der Waals surface area (Å²) < 4.78 is 0. The first kappa shape index (κ1) is 25.4. The van der Waals surface area contributed by atoms with Gasteiger partial charge in [0.05, 0.1) is 11.1 Å². The molecular formula is C27H23Cl2N3O4. The average molecular weight is 524 g/mol. The lowest BCUT2D eigenvalue weighted by atomic mass is 10.0. The van der Waals surface area contributed by atoms with Crippen LogP contribution >= 0.6 is 23.2 Å². The van der Waals surface area contributed by atoms with Gasteiger partial charge in [-0.25, -0.2) is 0 Å². The number of aryl methyl sites for hydroxylation is 2. The van der Waals surface area contributed by atoms with E-state index in [2.05, 4.69) is 10.6 Å². The molecule has 2 N–H and O–H groups in total. The minimum Gasteiger partial charge on any atom is -0.339 e. The fourth-order valence-corrected chi connectivity index (χ4v) is 4.68. The third-order valence-corrected chi connectivity index (χ3v) is 6.71. The molecule has 1 aliphatic heterocycles. The number of hydrogen-bond donors (Lipinski definition) is 2. The number of nitrogens with zero attached hydrogens (tertiary/aromatic N) is 1. The van der Waals surface area contributed by atoms with E-state index in [1.54, 1.807) is 24.3 Å². The van der Waals surface area contributed by atoms with Crippen LogP contribution in [0.4, 0.5) is 5.69 Å². The van der Waals surface area contributed by atoms with Crippen LogP contribution in [0.2, 0.25) is 10.0 Å². The van der Waals surface area contributed by atoms with Crippen molar-refractivity contribution >= 4 is 52.5 Å². The molecule has 0 spiro atoms. The van der Waals surface area contributed by atoms with Crippen molar-refractivity contribution in [2.45, 2.75) is 32.9 Å². The van der Waals surface area contributed by atoms with Crippen molar-refractivity contribution < 1.29 is 19.2 Å². The van der Waals surface area contributed by atoms with E-state index < -0.39 is 35.7 Å². The van der Waals surface area contributed by atoms with Crippen LogP contribution in [0.1, 0.15) is 50.4 Å². The number of carbonyl (C=O) groups is 4. The number of anilines is 1. The molecule has 0 bridgehead atoms. The quantitative estimate of drug-likeness (QED) is 0.439. The Balaban J connectivity index is 1.64. The van der Waals surface area contributed by atoms with Crippen molar-refractivity contribution in [1.82, 2.24) is 10.2 Å². The van der Waals surface area contributed by atoms with Gasteiger partial charge in [-0.05, 0) is 56.2 Å². The number of benzene rings is 3. The predicted molar refractivity (Wildman–Crippen MR) is 138 cm³/mol. The van der Waals surface area contributed by atoms with Gasteiger partial charge in [0.15, 0.2) is 0 Å². The van der Waals surface area contributed by atoms with Crippen molar-refractivity contribution in [3.63, 3.8) is 0 Å². The number of imide groups is 1. The van der Waals surface area contributed by atoms with E-state index in [-0.39, 0.29) is 16.1 Å². The molecule has 9 heteroatoms. The van der Waals surface area contributed by atoms with Gasteiger partial charge in [-0.2, -0.15) is 0 Å². The molecule has 0 aromatic heterocycles. The molecule has 0 saturated carbocycles. The highest BCUT2D eigenvalue weighted by molar-refractivity contribution is 6.35. The lowest BCUT2D eigenvalue weighted by molar-refractivity contribution is -0.129. The Labute approximate surface area is 218 Å². The van der Waals surface area contributed by atoms with Gasteiger partial charge in [-0.1, -0.05) is 59.6 Å². The molecule has 3 aromatic rings. The first-order valence-corrected chi connectivity index (χ1v) is 11.9. The van der Waals surface area contributed by atoms with E-state index in [4.69, 9.17) is 23.2 Å². The maximum absolute atomic E-state index is 13.5. The van der Waals surface area contributed by atoms with Crippen LogP contribution in [0, 0.1) is 13.8 Å². The van der Waals surface area contributed by atoms with Crippen LogP contribution in [-0.2, 0) is 9.59 Å². The van der Waals surface area contributed by atoms with Crippen molar-refractivity contribution in [3.8, 4) is 0 Å². The Hall–Kier alpha value is -3.68. The third-order valence-electron chi connectivity index (χ3n) is 6.14. The topological polar surface area (TPSA) is 95.6 Å². The van der Waals surface area contributed by atoms with Gasteiger partial charge < -0.3 is 10.6 Å². The van der Waals surface area contributed by atoms with Crippen molar-refractivity contribution in [3.05, 3.63) is 98.5 Å². The highest BCUT2D eigenvalue weighted by Gasteiger charge is 2.41. The Morgan fingerprint density at radius 3 is 1.97 bits per heavy atom. The summed E-state index contributed by atoms with van der Waals surface area (Å²) in [5, 5.41) is 6.09. The van der Waals surface area contributed by atoms with Crippen LogP contribution in [0.25, 0.3) is 0 Å². The largest absolute Gasteiger partial charge is 0.339 e. The van der Waals surface area contributed by atoms with Crippen molar-refractivity contribution in [2.24, 2.45) is 0 Å². The van der Waals surface area contributed by atoms with Gasteiger partial charge in [-0.3, -0.25) is 24.1 Å². The Bertz CT molecular complexity index is 1350. The summed E-state index contributed by atoms with van der Waals surface area (Å²) in [7, 11) is 0. The molecule has 1 heterocycles. The molecule has 2 atom stereocenters. The Morgan fingerprint density at radius 1 is 0.833 bits per heavy atom. The number of para-hydroxylation sites is 1. The van der Waals surface area contributed by atoms with Gasteiger partial charge in [0.1, 0.15) is 12.1 Å². The number of hydrogen-bond acceptors (Lipinski definition) is 4. The minimum absolute atomic E-state index is 0.179. The fraction of sp³-hybridized carbons (Fsp3) is 0.185. The lowest BCUT2D eigenvalue weighted by Gasteiger charge is -2.26. The minimum atomic E-state index is -1.22. The van der Waals surface area contributed by atoms with Crippen LogP contribution in [0.5, 0.6) is 0 Å². The molecule has 36 heavy (non-hydrogen) atoms. The summed E-state index contributed by atoms with van der Waals surface area (Å²) in [5.41, 5.74) is 3.07. The summed E-state index contributed by atoms with van der Waals surface area (Å²) in [5.74, 6) is -2.38. The smallest absolute Gasteiger partial charge is 0.262 e. The number of nitrogens with one attached hydrogen (secondary N) is 2. The summed E-state index contributed by atoms with van der Waals surface area (Å²) in [6, 6.07) is 14.1. The number of fused-ring (bicyclic) bond motifs is 1. The zero-order chi connectivity index (χ0) is 26.1. The van der Waals surface area contributed by atoms with Crippen molar-refractivity contribution in [2.75, 3.05) is 5.32 Å². The summed E-state index contributed by atoms with van der Waals surface area (Å²) >= 11 is 12.4. The summed E-state index contributed by atoms with van der Waals surface area (Å²) in [6.45, 7) is 5.15. The van der Waals surface area contributed by atoms with Gasteiger partial charge in [0, 0.05) is 21.3 Å². The highest BCUT2D eigenvalue weighted by Crippen LogP contribution is 2.30. The first-order valence-electron chi connectivity index (χ1n) is 11.2. The van der Waals surface area contributed by atoms with Crippen LogP contribution in [0.15, 0.2) is 60.7 Å². The van der Waals surface area contributed by atoms with Gasteiger partial charge in [0.25, 0.3) is 17.7 Å². The molecule has 0 aliphatic carbocycles. The molecule has 0 fully saturated rings. The van der Waals surface area contributed by atoms with Crippen LogP contribution in [-0.4, -0.2) is 34.6 Å². The fourth-order valence-electron chi connectivity index (χ4n) is 4.17. The molecule has 0 unspecified atom stereocenters. The number of carbonyl (C=O) groups excluding carboxylic acids is 4. The first-order chi connectivity index (χ1) is 17.1. The van der Waals surface area contributed by atoms with Crippen LogP contribution in [0.3, 0.4) is 0 Å². The van der Waals surface area contributed by atoms with E-state index in [1.807, 2.05) is 32.0 Å². The molecule has 4 amide bonds. The number of halogens is 2. The molecule has 4 rings (SSSR count). The Morgan fingerprint density at radius 2 is 1.42 bits per heavy atom. The molecule has 7 nitrogen and oxygen atoms in total. The zero-order valence-electron chi connectivity index (χ0n) is 19.8. The normalized spacial score (nSPS) is 14.3. The second kappa shape index (κ2) is 10.1. The van der Waals surface area contributed by atoms with Gasteiger partial charge >= 0.3 is 0 Å². The third kappa shape index (κ3) is 4.72. The maximum atomic E-state index is 13.5. The van der Waals surface area contributed by atoms with E-state index in [0.717, 1.165) is 16.0 Å². The molecular weight excluding hydrogens is 501 g/mol. The van der Waals surface area contributed by atoms with E-state index in [1.165, 1.54) is 25.1 Å². The monoisotopic (exact) mass is 523 g/mol. The molecule has 0 radical (unpaired) electrons. The van der Waals surface area contributed by atoms with Crippen molar-refractivity contribution in [1.29, 1.82) is 0 Å². The van der Waals surface area contributed by atoms with E-state index in [0.29, 0.717) is 16.3 Å². The lowest BCUT2D eigenvalue weighted by Crippen LogP contribution is -2.50. The molecule has 1 aliphatic rings. The zero-order valence-corrected chi connectivity index (χ0v) is 21.3. The number of rotatable bonds is 6. The van der Waals surface area contributed by atoms with Crippen LogP contribution < -0.4 is 10.6 Å². The predicted octanol–water partition coefficient (Wildman–Crippen LogP) is 5.09. The summed E-state index contributed by atoms with van der Waals surface area (Å²) in [4.78, 5) is 53.4. The molecule has 0 saturated heterocycles. The average Bonchev–Trinajstić information content (AvgIpc) is 3.09. The number of amides is 4. The second-order valence-electron chi connectivity index (χ2n) is 8.57. The van der Waals surface area contributed by atoms with E-state index in [9.17, 15) is 19.2 Å². The SMILES string of the molecule is Cc1cccc(C)c1NC(=O)[C@@H](NC(=O)[C@@H](C)N1C(=O)c2ccccc2C1=O)c1ccc(Cl)cc1Cl.